The summed E-state index contributed by atoms with van der Waals surface area (Å²) in [5.74, 6) is 2.60. The third kappa shape index (κ3) is 10.0. The van der Waals surface area contributed by atoms with Gasteiger partial charge in [0, 0.05) is 44.0 Å². The van der Waals surface area contributed by atoms with Crippen molar-refractivity contribution in [1.82, 2.24) is 4.90 Å². The van der Waals surface area contributed by atoms with Gasteiger partial charge >= 0.3 is 0 Å². The summed E-state index contributed by atoms with van der Waals surface area (Å²) in [5, 5.41) is 27.5. The fourth-order valence-electron chi connectivity index (χ4n) is 3.30. The van der Waals surface area contributed by atoms with Crippen molar-refractivity contribution in [3.8, 4) is 18.4 Å². The Bertz CT molecular complexity index is 872. The van der Waals surface area contributed by atoms with Crippen LogP contribution in [0.25, 0.3) is 0 Å². The van der Waals surface area contributed by atoms with Gasteiger partial charge in [-0.1, -0.05) is 18.1 Å². The van der Waals surface area contributed by atoms with Gasteiger partial charge in [-0.15, -0.1) is 6.42 Å². The number of nitrogens with zero attached hydrogens (tertiary/aromatic N) is 3. The van der Waals surface area contributed by atoms with Crippen molar-refractivity contribution in [3.63, 3.8) is 0 Å². The molecule has 0 fully saturated rings. The molecule has 0 spiro atoms. The molecule has 0 atom stereocenters. The first-order valence-corrected chi connectivity index (χ1v) is 11.1. The summed E-state index contributed by atoms with van der Waals surface area (Å²) < 4.78 is 11.4. The van der Waals surface area contributed by atoms with Crippen LogP contribution >= 0.6 is 0 Å². The van der Waals surface area contributed by atoms with Crippen molar-refractivity contribution in [2.24, 2.45) is 0 Å². The molecule has 0 saturated heterocycles. The van der Waals surface area contributed by atoms with Crippen LogP contribution in [-0.2, 0) is 16.0 Å². The molecule has 0 bridgehead atoms. The molecule has 0 unspecified atom stereocenters. The number of terminal acetylenes is 1. The van der Waals surface area contributed by atoms with Gasteiger partial charge in [0.15, 0.2) is 0 Å². The summed E-state index contributed by atoms with van der Waals surface area (Å²) in [6, 6.07) is 17.2. The lowest BCUT2D eigenvalue weighted by Gasteiger charge is -2.24. The Morgan fingerprint density at radius 2 is 1.36 bits per heavy atom. The molecule has 7 heteroatoms. The highest BCUT2D eigenvalue weighted by atomic mass is 16.5. The summed E-state index contributed by atoms with van der Waals surface area (Å²) in [6.07, 6.45) is 5.40. The molecule has 0 radical (unpaired) electrons. The van der Waals surface area contributed by atoms with E-state index in [1.807, 2.05) is 36.4 Å². The van der Waals surface area contributed by atoms with Crippen LogP contribution < -0.4 is 4.90 Å². The van der Waals surface area contributed by atoms with Crippen molar-refractivity contribution < 1.29 is 19.7 Å². The summed E-state index contributed by atoms with van der Waals surface area (Å²) in [7, 11) is 0. The summed E-state index contributed by atoms with van der Waals surface area (Å²) >= 11 is 0. The highest BCUT2D eigenvalue weighted by molar-refractivity contribution is 5.50. The lowest BCUT2D eigenvalue weighted by atomic mass is 10.1. The predicted octanol–water partition coefficient (Wildman–Crippen LogP) is 1.87. The van der Waals surface area contributed by atoms with Gasteiger partial charge in [-0.25, -0.2) is 0 Å². The van der Waals surface area contributed by atoms with Crippen LogP contribution in [0.4, 0.5) is 5.69 Å². The average molecular weight is 452 g/mol. The van der Waals surface area contributed by atoms with Crippen LogP contribution in [-0.4, -0.2) is 80.9 Å². The zero-order valence-corrected chi connectivity index (χ0v) is 19.0. The van der Waals surface area contributed by atoms with Gasteiger partial charge in [0.05, 0.1) is 51.3 Å². The molecular formula is C26H33N3O4. The van der Waals surface area contributed by atoms with E-state index in [2.05, 4.69) is 21.8 Å². The van der Waals surface area contributed by atoms with Crippen LogP contribution in [0.3, 0.4) is 0 Å². The molecule has 33 heavy (non-hydrogen) atoms. The quantitative estimate of drug-likeness (QED) is 0.297. The molecule has 2 aromatic carbocycles. The first-order chi connectivity index (χ1) is 16.2. The lowest BCUT2D eigenvalue weighted by Crippen LogP contribution is -2.31. The van der Waals surface area contributed by atoms with Crippen molar-refractivity contribution in [2.75, 3.05) is 70.7 Å². The largest absolute Gasteiger partial charge is 0.395 e. The number of benzene rings is 2. The second-order valence-electron chi connectivity index (χ2n) is 7.44. The zero-order valence-electron chi connectivity index (χ0n) is 19.0. The highest BCUT2D eigenvalue weighted by Gasteiger charge is 2.07. The second-order valence-corrected chi connectivity index (χ2v) is 7.44. The van der Waals surface area contributed by atoms with Gasteiger partial charge in [0.25, 0.3) is 0 Å². The minimum Gasteiger partial charge on any atom is -0.395 e. The Hall–Kier alpha value is -2.91. The Labute approximate surface area is 196 Å². The van der Waals surface area contributed by atoms with Crippen molar-refractivity contribution >= 4 is 5.69 Å². The SMILES string of the molecule is C#Cc1ccc(N(CCO)CCOCCOCCN(CCO)Cc2ccc(C#N)cc2)cc1. The standard InChI is InChI=1S/C26H33N3O4/c1-2-23-7-9-26(10-8-23)29(12-16-31)14-18-33-20-19-32-17-13-28(11-15-30)22-25-5-3-24(21-27)4-6-25/h1,3-10,30-31H,11-20,22H2. The van der Waals surface area contributed by atoms with Crippen molar-refractivity contribution in [3.05, 3.63) is 65.2 Å². The molecule has 0 aliphatic rings. The first kappa shape index (κ1) is 26.3. The van der Waals surface area contributed by atoms with Crippen LogP contribution in [0, 0.1) is 23.7 Å². The van der Waals surface area contributed by atoms with Crippen molar-refractivity contribution in [2.45, 2.75) is 6.54 Å². The van der Waals surface area contributed by atoms with Gasteiger partial charge in [0.2, 0.25) is 0 Å². The van der Waals surface area contributed by atoms with E-state index in [1.54, 1.807) is 12.1 Å². The summed E-state index contributed by atoms with van der Waals surface area (Å²) in [4.78, 5) is 4.16. The second kappa shape index (κ2) is 15.8. The van der Waals surface area contributed by atoms with Crippen LogP contribution in [0.5, 0.6) is 0 Å². The molecule has 0 saturated carbocycles. The minimum atomic E-state index is 0.0623. The Kier molecular flexibility index (Phi) is 12.6. The van der Waals surface area contributed by atoms with Crippen LogP contribution in [0.2, 0.25) is 0 Å². The smallest absolute Gasteiger partial charge is 0.0991 e. The first-order valence-electron chi connectivity index (χ1n) is 11.1. The Morgan fingerprint density at radius 3 is 1.94 bits per heavy atom. The molecule has 0 amide bonds. The highest BCUT2D eigenvalue weighted by Crippen LogP contribution is 2.14. The third-order valence-electron chi connectivity index (χ3n) is 5.10. The van der Waals surface area contributed by atoms with Crippen LogP contribution in [0.15, 0.2) is 48.5 Å². The number of hydrogen-bond donors (Lipinski definition) is 2. The van der Waals surface area contributed by atoms with Crippen molar-refractivity contribution in [1.29, 1.82) is 5.26 Å². The van der Waals surface area contributed by atoms with E-state index in [1.165, 1.54) is 0 Å². The van der Waals surface area contributed by atoms with E-state index in [9.17, 15) is 10.2 Å². The fraction of sp³-hybridized carbons (Fsp3) is 0.423. The number of nitriles is 1. The predicted molar refractivity (Wildman–Crippen MR) is 129 cm³/mol. The van der Waals surface area contributed by atoms with E-state index >= 15 is 0 Å². The average Bonchev–Trinajstić information content (AvgIpc) is 2.85. The van der Waals surface area contributed by atoms with E-state index in [-0.39, 0.29) is 13.2 Å². The third-order valence-corrected chi connectivity index (χ3v) is 5.10. The maximum absolute atomic E-state index is 9.33. The van der Waals surface area contributed by atoms with Crippen LogP contribution in [0.1, 0.15) is 16.7 Å². The number of hydrogen-bond acceptors (Lipinski definition) is 7. The normalized spacial score (nSPS) is 10.7. The zero-order chi connectivity index (χ0) is 23.7. The monoisotopic (exact) mass is 451 g/mol. The molecule has 0 aliphatic heterocycles. The van der Waals surface area contributed by atoms with E-state index < -0.39 is 0 Å². The molecule has 0 aliphatic carbocycles. The van der Waals surface area contributed by atoms with E-state index in [4.69, 9.17) is 21.2 Å². The number of rotatable bonds is 16. The molecule has 2 rings (SSSR count). The topological polar surface area (TPSA) is 89.2 Å². The van der Waals surface area contributed by atoms with Gasteiger partial charge in [-0.05, 0) is 42.0 Å². The van der Waals surface area contributed by atoms with E-state index in [0.717, 1.165) is 16.8 Å². The Balaban J connectivity index is 1.62. The number of ether oxygens (including phenoxy) is 2. The minimum absolute atomic E-state index is 0.0623. The van der Waals surface area contributed by atoms with Gasteiger partial charge in [0.1, 0.15) is 0 Å². The molecule has 0 aromatic heterocycles. The maximum atomic E-state index is 9.33. The maximum Gasteiger partial charge on any atom is 0.0991 e. The van der Waals surface area contributed by atoms with Gasteiger partial charge in [-0.2, -0.15) is 5.26 Å². The van der Waals surface area contributed by atoms with Gasteiger partial charge in [-0.3, -0.25) is 4.90 Å². The van der Waals surface area contributed by atoms with E-state index in [0.29, 0.717) is 64.7 Å². The fourth-order valence-corrected chi connectivity index (χ4v) is 3.30. The molecule has 7 nitrogen and oxygen atoms in total. The van der Waals surface area contributed by atoms with Gasteiger partial charge < -0.3 is 24.6 Å². The molecule has 0 heterocycles. The lowest BCUT2D eigenvalue weighted by molar-refractivity contribution is 0.0378. The number of aliphatic hydroxyl groups excluding tert-OH is 2. The molecular weight excluding hydrogens is 418 g/mol. The summed E-state index contributed by atoms with van der Waals surface area (Å²) in [5.41, 5.74) is 3.55. The molecule has 176 valence electrons. The molecule has 2 aromatic rings. The summed E-state index contributed by atoms with van der Waals surface area (Å²) in [6.45, 7) is 5.30. The number of aliphatic hydroxyl groups is 2. The Morgan fingerprint density at radius 1 is 0.758 bits per heavy atom. The molecule has 2 N–H and O–H groups in total. The number of anilines is 1.